The van der Waals surface area contributed by atoms with E-state index in [9.17, 15) is 0 Å². The van der Waals surface area contributed by atoms with E-state index >= 15 is 0 Å². The number of benzene rings is 11. The predicted molar refractivity (Wildman–Crippen MR) is 307 cm³/mol. The molecule has 0 radical (unpaired) electrons. The minimum Gasteiger partial charge on any atom is -0.458 e. The second-order valence-electron chi connectivity index (χ2n) is 19.6. The third-order valence-electron chi connectivity index (χ3n) is 15.6. The molecule has 6 nitrogen and oxygen atoms in total. The van der Waals surface area contributed by atoms with Crippen molar-refractivity contribution in [3.63, 3.8) is 0 Å². The molecule has 8 heteroatoms. The Hall–Kier alpha value is -9.65. The molecule has 0 unspecified atom stereocenters. The van der Waals surface area contributed by atoms with Gasteiger partial charge < -0.3 is 28.7 Å². The fourth-order valence-electron chi connectivity index (χ4n) is 12.7. The van der Waals surface area contributed by atoms with Gasteiger partial charge in [-0.15, -0.1) is 0 Å². The topological polar surface area (TPSA) is 33.1 Å². The molecule has 0 amide bonds. The lowest BCUT2D eigenvalue weighted by Crippen LogP contribution is -2.63. The number of ether oxygens (including phenoxy) is 2. The fraction of sp³-hybridized carbons (Fsp3) is 0. The van der Waals surface area contributed by atoms with Gasteiger partial charge >= 0.3 is 0 Å². The molecule has 0 aliphatic carbocycles. The van der Waals surface area contributed by atoms with Gasteiger partial charge in [-0.25, -0.2) is 0 Å². The smallest absolute Gasteiger partial charge is 0.256 e. The van der Waals surface area contributed by atoms with E-state index in [1.54, 1.807) is 0 Å². The molecular formula is C66H42B2N4O2. The highest BCUT2D eigenvalue weighted by Gasteiger charge is 2.48. The summed E-state index contributed by atoms with van der Waals surface area (Å²) in [5.41, 5.74) is 20.2. The lowest BCUT2D eigenvalue weighted by atomic mass is 9.31. The summed E-state index contributed by atoms with van der Waals surface area (Å²) in [7, 11) is 0. The van der Waals surface area contributed by atoms with E-state index < -0.39 is 0 Å². The number of hydrogen-bond donors (Lipinski definition) is 0. The molecule has 1 aromatic heterocycles. The van der Waals surface area contributed by atoms with Crippen LogP contribution in [0.25, 0.3) is 27.5 Å². The minimum atomic E-state index is -0.151. The SMILES string of the molecule is c1ccc(N(c2ccccc2)c2cc3c4c(c2)N(c2ccccc2)c2c(cc5c6c2c2ccccc2n6-c2cc(N(c6ccccc6)c6ccccc6)cc6c2B5c2ccccc2O6)B4c2ccccc2O3)cc1. The van der Waals surface area contributed by atoms with Crippen molar-refractivity contribution < 1.29 is 9.47 Å². The zero-order valence-corrected chi connectivity index (χ0v) is 40.0. The second-order valence-corrected chi connectivity index (χ2v) is 19.6. The highest BCUT2D eigenvalue weighted by molar-refractivity contribution is 7.02. The largest absolute Gasteiger partial charge is 0.458 e. The first-order valence-electron chi connectivity index (χ1n) is 25.4. The molecule has 0 saturated heterocycles. The van der Waals surface area contributed by atoms with E-state index in [0.717, 1.165) is 96.1 Å². The van der Waals surface area contributed by atoms with Crippen LogP contribution in [0.1, 0.15) is 0 Å². The summed E-state index contributed by atoms with van der Waals surface area (Å²) in [6, 6.07) is 91.8. The molecule has 0 spiro atoms. The van der Waals surface area contributed by atoms with Crippen molar-refractivity contribution in [2.45, 2.75) is 0 Å². The van der Waals surface area contributed by atoms with Crippen LogP contribution in [0.3, 0.4) is 0 Å². The number of anilines is 9. The molecule has 74 heavy (non-hydrogen) atoms. The number of aromatic nitrogens is 1. The highest BCUT2D eigenvalue weighted by Crippen LogP contribution is 2.50. The van der Waals surface area contributed by atoms with E-state index in [1.807, 2.05) is 0 Å². The van der Waals surface area contributed by atoms with Crippen LogP contribution in [0.5, 0.6) is 23.0 Å². The third kappa shape index (κ3) is 5.91. The van der Waals surface area contributed by atoms with Gasteiger partial charge in [0.15, 0.2) is 0 Å². The van der Waals surface area contributed by atoms with E-state index in [4.69, 9.17) is 9.47 Å². The monoisotopic (exact) mass is 944 g/mol. The van der Waals surface area contributed by atoms with Crippen LogP contribution in [0, 0.1) is 0 Å². The summed E-state index contributed by atoms with van der Waals surface area (Å²) in [6.07, 6.45) is 0. The Labute approximate surface area is 429 Å². The standard InChI is InChI=1S/C66H42B2N4O2/c1-6-22-43(23-7-1)69(44-24-8-2-9-25-44)48-38-56-63-60(40-48)73-58-36-20-17-33-51(58)67(63)53-42-54-66-62(65(53)71(56)47-30-14-5-15-31-47)50-32-16-19-35-55(50)72(66)57-39-49(41-61-64(57)68(54)52-34-18-21-37-59(52)74-61)70(45-26-10-3-11-27-45)46-28-12-4-13-29-46/h1-42H. The maximum absolute atomic E-state index is 7.19. The van der Waals surface area contributed by atoms with Gasteiger partial charge in [-0.05, 0) is 124 Å². The number of fused-ring (bicyclic) bond motifs is 12. The summed E-state index contributed by atoms with van der Waals surface area (Å²) in [5.74, 6) is 3.45. The molecular weight excluding hydrogens is 902 g/mol. The van der Waals surface area contributed by atoms with Gasteiger partial charge in [0.1, 0.15) is 23.0 Å². The lowest BCUT2D eigenvalue weighted by Gasteiger charge is -2.42. The van der Waals surface area contributed by atoms with Gasteiger partial charge in [0.05, 0.1) is 28.1 Å². The number of hydrogen-bond acceptors (Lipinski definition) is 5. The van der Waals surface area contributed by atoms with Crippen LogP contribution in [0.4, 0.5) is 51.2 Å². The fourth-order valence-corrected chi connectivity index (χ4v) is 12.7. The Morgan fingerprint density at radius 1 is 0.338 bits per heavy atom. The van der Waals surface area contributed by atoms with Gasteiger partial charge in [-0.1, -0.05) is 152 Å². The van der Waals surface area contributed by atoms with Gasteiger partial charge in [-0.3, -0.25) is 0 Å². The number of para-hydroxylation sites is 8. The molecule has 0 bridgehead atoms. The van der Waals surface area contributed by atoms with Gasteiger partial charge in [-0.2, -0.15) is 0 Å². The first-order valence-corrected chi connectivity index (χ1v) is 25.4. The van der Waals surface area contributed by atoms with Crippen molar-refractivity contribution >= 4 is 119 Å². The van der Waals surface area contributed by atoms with E-state index in [-0.39, 0.29) is 13.4 Å². The normalized spacial score (nSPS) is 13.0. The maximum Gasteiger partial charge on any atom is 0.256 e. The third-order valence-corrected chi connectivity index (χ3v) is 15.6. The van der Waals surface area contributed by atoms with Crippen molar-refractivity contribution in [1.29, 1.82) is 0 Å². The Bertz CT molecular complexity index is 4150. The van der Waals surface area contributed by atoms with Gasteiger partial charge in [0.2, 0.25) is 0 Å². The van der Waals surface area contributed by atoms with E-state index in [0.29, 0.717) is 0 Å². The van der Waals surface area contributed by atoms with Crippen molar-refractivity contribution in [2.75, 3.05) is 14.7 Å². The molecule has 0 atom stereocenters. The summed E-state index contributed by atoms with van der Waals surface area (Å²) in [6.45, 7) is -0.276. The van der Waals surface area contributed by atoms with Crippen molar-refractivity contribution in [2.24, 2.45) is 0 Å². The summed E-state index contributed by atoms with van der Waals surface area (Å²) < 4.78 is 16.9. The quantitative estimate of drug-likeness (QED) is 0.149. The summed E-state index contributed by atoms with van der Waals surface area (Å²) in [4.78, 5) is 7.23. The first-order chi connectivity index (χ1) is 36.7. The van der Waals surface area contributed by atoms with Gasteiger partial charge in [0.25, 0.3) is 13.4 Å². The van der Waals surface area contributed by atoms with Crippen LogP contribution < -0.4 is 57.0 Å². The van der Waals surface area contributed by atoms with Crippen LogP contribution in [-0.4, -0.2) is 18.0 Å². The number of rotatable bonds is 7. The highest BCUT2D eigenvalue weighted by atomic mass is 16.5. The van der Waals surface area contributed by atoms with E-state index in [2.05, 4.69) is 274 Å². The molecule has 0 saturated carbocycles. The summed E-state index contributed by atoms with van der Waals surface area (Å²) in [5, 5.41) is 2.40. The Balaban J connectivity index is 1.04. The minimum absolute atomic E-state index is 0.126. The predicted octanol–water partition coefficient (Wildman–Crippen LogP) is 13.1. The zero-order valence-electron chi connectivity index (χ0n) is 40.0. The average molecular weight is 945 g/mol. The zero-order chi connectivity index (χ0) is 48.4. The molecule has 344 valence electrons. The van der Waals surface area contributed by atoms with Crippen LogP contribution in [0.2, 0.25) is 0 Å². The molecule has 16 rings (SSSR count). The molecule has 12 aromatic rings. The van der Waals surface area contributed by atoms with Crippen LogP contribution in [0.15, 0.2) is 255 Å². The summed E-state index contributed by atoms with van der Waals surface area (Å²) >= 11 is 0. The van der Waals surface area contributed by atoms with Crippen molar-refractivity contribution in [3.8, 4) is 28.7 Å². The molecule has 11 aromatic carbocycles. The molecule has 4 aliphatic heterocycles. The van der Waals surface area contributed by atoms with Crippen molar-refractivity contribution in [1.82, 2.24) is 4.57 Å². The average Bonchev–Trinajstić information content (AvgIpc) is 3.84. The van der Waals surface area contributed by atoms with Crippen LogP contribution >= 0.6 is 0 Å². The first kappa shape index (κ1) is 41.0. The molecule has 5 heterocycles. The molecule has 0 N–H and O–H groups in total. The lowest BCUT2D eigenvalue weighted by molar-refractivity contribution is 0.487. The Morgan fingerprint density at radius 2 is 0.770 bits per heavy atom. The molecule has 4 aliphatic rings. The second kappa shape index (κ2) is 15.9. The maximum atomic E-state index is 7.19. The van der Waals surface area contributed by atoms with E-state index in [1.165, 1.54) is 38.4 Å². The Morgan fingerprint density at radius 3 is 1.31 bits per heavy atom. The molecule has 0 fully saturated rings. The van der Waals surface area contributed by atoms with Gasteiger partial charge in [0, 0.05) is 62.7 Å². The van der Waals surface area contributed by atoms with Crippen LogP contribution in [-0.2, 0) is 0 Å². The van der Waals surface area contributed by atoms with Crippen molar-refractivity contribution in [3.05, 3.63) is 255 Å². The number of nitrogens with zero attached hydrogens (tertiary/aromatic N) is 4. The Kier molecular flexibility index (Phi) is 8.83.